The quantitative estimate of drug-likeness (QED) is 0.636. The minimum atomic E-state index is -0.457. The van der Waals surface area contributed by atoms with E-state index in [2.05, 4.69) is 15.0 Å². The average Bonchev–Trinajstić information content (AvgIpc) is 2.71. The number of hydrogen-bond acceptors (Lipinski definition) is 6. The lowest BCUT2D eigenvalue weighted by Crippen LogP contribution is -2.44. The van der Waals surface area contributed by atoms with Crippen LogP contribution in [0.25, 0.3) is 11.2 Å². The molecule has 90 valence electrons. The monoisotopic (exact) mass is 235 g/mol. The van der Waals surface area contributed by atoms with Crippen LogP contribution in [0, 0.1) is 5.92 Å². The first-order chi connectivity index (χ1) is 8.22. The highest BCUT2D eigenvalue weighted by molar-refractivity contribution is 5.81. The molecule has 4 N–H and O–H groups in total. The van der Waals surface area contributed by atoms with Crippen LogP contribution in [0.4, 0.5) is 5.82 Å². The van der Waals surface area contributed by atoms with Gasteiger partial charge in [0.25, 0.3) is 0 Å². The van der Waals surface area contributed by atoms with Crippen molar-refractivity contribution in [3.8, 4) is 0 Å². The zero-order valence-corrected chi connectivity index (χ0v) is 9.06. The fraction of sp³-hybridized carbons (Fsp3) is 0.500. The summed E-state index contributed by atoms with van der Waals surface area (Å²) in [6, 6.07) is 0.0225. The molecule has 1 unspecified atom stereocenters. The maximum Gasteiger partial charge on any atom is 0.165 e. The number of imidazole rings is 1. The molecule has 2 aromatic rings. The zero-order valence-electron chi connectivity index (χ0n) is 9.06. The molecular formula is C10H13N5O2. The first-order valence-electron chi connectivity index (χ1n) is 5.44. The van der Waals surface area contributed by atoms with Gasteiger partial charge in [0.05, 0.1) is 19.0 Å². The second-order valence-corrected chi connectivity index (χ2v) is 4.30. The van der Waals surface area contributed by atoms with Gasteiger partial charge in [-0.05, 0) is 6.42 Å². The lowest BCUT2D eigenvalue weighted by atomic mass is 9.77. The second-order valence-electron chi connectivity index (χ2n) is 4.30. The predicted octanol–water partition coefficient (Wildman–Crippen LogP) is -0.677. The summed E-state index contributed by atoms with van der Waals surface area (Å²) in [6.07, 6.45) is 3.16. The number of nitrogens with zero attached hydrogens (tertiary/aromatic N) is 4. The zero-order chi connectivity index (χ0) is 12.0. The molecule has 2 heterocycles. The lowest BCUT2D eigenvalue weighted by molar-refractivity contribution is -0.0512. The third kappa shape index (κ3) is 1.39. The van der Waals surface area contributed by atoms with Crippen LogP contribution in [0.3, 0.4) is 0 Å². The van der Waals surface area contributed by atoms with Gasteiger partial charge in [0.15, 0.2) is 11.5 Å². The molecule has 0 spiro atoms. The Labute approximate surface area is 96.9 Å². The van der Waals surface area contributed by atoms with Crippen molar-refractivity contribution in [2.75, 3.05) is 12.3 Å². The summed E-state index contributed by atoms with van der Waals surface area (Å²) in [5.74, 6) is 0.178. The summed E-state index contributed by atoms with van der Waals surface area (Å²) < 4.78 is 1.85. The Morgan fingerprint density at radius 3 is 2.94 bits per heavy atom. The van der Waals surface area contributed by atoms with Crippen LogP contribution in [-0.4, -0.2) is 42.4 Å². The fourth-order valence-corrected chi connectivity index (χ4v) is 2.33. The molecule has 1 aliphatic carbocycles. The normalized spacial score (nSPS) is 28.2. The number of fused-ring (bicyclic) bond motifs is 1. The summed E-state index contributed by atoms with van der Waals surface area (Å²) in [5, 5.41) is 18.8. The van der Waals surface area contributed by atoms with Gasteiger partial charge in [-0.2, -0.15) is 0 Å². The van der Waals surface area contributed by atoms with Crippen molar-refractivity contribution >= 4 is 17.0 Å². The Hall–Kier alpha value is -1.73. The Morgan fingerprint density at radius 1 is 1.41 bits per heavy atom. The van der Waals surface area contributed by atoms with Crippen molar-refractivity contribution in [2.24, 2.45) is 5.92 Å². The molecule has 0 aromatic carbocycles. The number of nitrogens with two attached hydrogens (primary N) is 1. The topological polar surface area (TPSA) is 110 Å². The van der Waals surface area contributed by atoms with E-state index in [9.17, 15) is 10.2 Å². The predicted molar refractivity (Wildman–Crippen MR) is 60.0 cm³/mol. The lowest BCUT2D eigenvalue weighted by Gasteiger charge is -2.41. The molecular weight excluding hydrogens is 222 g/mol. The molecule has 0 radical (unpaired) electrons. The van der Waals surface area contributed by atoms with E-state index >= 15 is 0 Å². The molecule has 1 fully saturated rings. The van der Waals surface area contributed by atoms with Crippen LogP contribution in [0.15, 0.2) is 12.7 Å². The van der Waals surface area contributed by atoms with Crippen LogP contribution >= 0.6 is 0 Å². The van der Waals surface area contributed by atoms with Gasteiger partial charge in [-0.1, -0.05) is 0 Å². The Morgan fingerprint density at radius 2 is 2.24 bits per heavy atom. The van der Waals surface area contributed by atoms with Crippen LogP contribution in [-0.2, 0) is 0 Å². The minimum Gasteiger partial charge on any atom is -0.396 e. The van der Waals surface area contributed by atoms with Crippen molar-refractivity contribution in [2.45, 2.75) is 18.6 Å². The smallest absolute Gasteiger partial charge is 0.165 e. The molecule has 3 rings (SSSR count). The first kappa shape index (κ1) is 10.4. The van der Waals surface area contributed by atoms with E-state index < -0.39 is 6.10 Å². The molecule has 0 amide bonds. The summed E-state index contributed by atoms with van der Waals surface area (Å²) >= 11 is 0. The van der Waals surface area contributed by atoms with Gasteiger partial charge < -0.3 is 20.5 Å². The first-order valence-corrected chi connectivity index (χ1v) is 5.44. The van der Waals surface area contributed by atoms with E-state index in [1.54, 1.807) is 6.33 Å². The number of nitrogen functional groups attached to an aromatic ring is 1. The van der Waals surface area contributed by atoms with Gasteiger partial charge in [0.2, 0.25) is 0 Å². The third-order valence-corrected chi connectivity index (χ3v) is 3.43. The van der Waals surface area contributed by atoms with E-state index in [0.29, 0.717) is 23.4 Å². The molecule has 7 nitrogen and oxygen atoms in total. The van der Waals surface area contributed by atoms with Crippen molar-refractivity contribution in [1.29, 1.82) is 0 Å². The second kappa shape index (κ2) is 3.64. The van der Waals surface area contributed by atoms with Crippen molar-refractivity contribution < 1.29 is 10.2 Å². The number of rotatable bonds is 2. The highest BCUT2D eigenvalue weighted by Crippen LogP contribution is 2.39. The standard InChI is InChI=1S/C10H13N5O2/c11-9-8-10(13-3-12-9)15(4-14-8)6-1-7(17)5(6)2-16/h3-7,16-17H,1-2H2,(H2,11,12,13)/t5?,6-,7+/m1/s1. The van der Waals surface area contributed by atoms with Crippen molar-refractivity contribution in [1.82, 2.24) is 19.5 Å². The van der Waals surface area contributed by atoms with Crippen LogP contribution < -0.4 is 5.73 Å². The molecule has 1 saturated carbocycles. The molecule has 3 atom stereocenters. The van der Waals surface area contributed by atoms with Crippen LogP contribution in [0.2, 0.25) is 0 Å². The van der Waals surface area contributed by atoms with E-state index in [0.717, 1.165) is 0 Å². The number of aromatic nitrogens is 4. The maximum absolute atomic E-state index is 9.55. The Bertz CT molecular complexity index is 555. The molecule has 1 aliphatic rings. The largest absolute Gasteiger partial charge is 0.396 e. The maximum atomic E-state index is 9.55. The average molecular weight is 235 g/mol. The fourth-order valence-electron chi connectivity index (χ4n) is 2.33. The molecule has 2 aromatic heterocycles. The van der Waals surface area contributed by atoms with Crippen molar-refractivity contribution in [3.05, 3.63) is 12.7 Å². The van der Waals surface area contributed by atoms with Crippen molar-refractivity contribution in [3.63, 3.8) is 0 Å². The van der Waals surface area contributed by atoms with Crippen LogP contribution in [0.5, 0.6) is 0 Å². The van der Waals surface area contributed by atoms with E-state index in [1.165, 1.54) is 6.33 Å². The summed E-state index contributed by atoms with van der Waals surface area (Å²) in [6.45, 7) is -0.0495. The van der Waals surface area contributed by atoms with Gasteiger partial charge in [0.1, 0.15) is 11.8 Å². The van der Waals surface area contributed by atoms with E-state index in [1.807, 2.05) is 4.57 Å². The molecule has 7 heteroatoms. The number of aliphatic hydroxyl groups is 2. The van der Waals surface area contributed by atoms with Gasteiger partial charge >= 0.3 is 0 Å². The molecule has 0 bridgehead atoms. The third-order valence-electron chi connectivity index (χ3n) is 3.43. The van der Waals surface area contributed by atoms with Gasteiger partial charge in [-0.3, -0.25) is 0 Å². The van der Waals surface area contributed by atoms with E-state index in [4.69, 9.17) is 5.73 Å². The molecule has 0 aliphatic heterocycles. The van der Waals surface area contributed by atoms with Gasteiger partial charge in [0, 0.05) is 12.0 Å². The van der Waals surface area contributed by atoms with Gasteiger partial charge in [-0.25, -0.2) is 15.0 Å². The minimum absolute atomic E-state index is 0.0225. The summed E-state index contributed by atoms with van der Waals surface area (Å²) in [7, 11) is 0. The van der Waals surface area contributed by atoms with Crippen LogP contribution in [0.1, 0.15) is 12.5 Å². The van der Waals surface area contributed by atoms with Gasteiger partial charge in [-0.15, -0.1) is 0 Å². The Balaban J connectivity index is 2.04. The molecule has 17 heavy (non-hydrogen) atoms. The highest BCUT2D eigenvalue weighted by atomic mass is 16.3. The number of hydrogen-bond donors (Lipinski definition) is 3. The number of aliphatic hydroxyl groups excluding tert-OH is 2. The number of anilines is 1. The highest BCUT2D eigenvalue weighted by Gasteiger charge is 2.41. The summed E-state index contributed by atoms with van der Waals surface area (Å²) in [5.41, 5.74) is 6.90. The van der Waals surface area contributed by atoms with E-state index in [-0.39, 0.29) is 18.6 Å². The SMILES string of the molecule is Nc1ncnc2c1ncn2[C@@H]1C[C@H](O)C1CO. The Kier molecular flexibility index (Phi) is 2.23. The summed E-state index contributed by atoms with van der Waals surface area (Å²) in [4.78, 5) is 12.2. The molecule has 0 saturated heterocycles.